The molecule has 3 heteroatoms. The van der Waals surface area contributed by atoms with E-state index in [4.69, 9.17) is 15.6 Å². The van der Waals surface area contributed by atoms with Crippen LogP contribution in [0.15, 0.2) is 0 Å². The van der Waals surface area contributed by atoms with Crippen molar-refractivity contribution in [2.24, 2.45) is 11.7 Å². The van der Waals surface area contributed by atoms with Crippen LogP contribution in [0.1, 0.15) is 39.0 Å². The first-order valence-electron chi connectivity index (χ1n) is 5.76. The summed E-state index contributed by atoms with van der Waals surface area (Å²) in [4.78, 5) is 0. The predicted molar refractivity (Wildman–Crippen MR) is 57.1 cm³/mol. The van der Waals surface area contributed by atoms with Crippen molar-refractivity contribution < 1.29 is 9.84 Å². The third-order valence-corrected chi connectivity index (χ3v) is 3.21. The minimum atomic E-state index is -0.167. The number of hydrogen-bond acceptors (Lipinski definition) is 3. The Morgan fingerprint density at radius 1 is 1.50 bits per heavy atom. The van der Waals surface area contributed by atoms with Crippen molar-refractivity contribution in [2.45, 2.75) is 51.2 Å². The lowest BCUT2D eigenvalue weighted by atomic mass is 9.83. The van der Waals surface area contributed by atoms with Crippen LogP contribution in [0.25, 0.3) is 0 Å². The fourth-order valence-electron chi connectivity index (χ4n) is 1.74. The highest BCUT2D eigenvalue weighted by Gasteiger charge is 2.19. The van der Waals surface area contributed by atoms with E-state index in [2.05, 4.69) is 0 Å². The van der Waals surface area contributed by atoms with Gasteiger partial charge in [-0.1, -0.05) is 26.2 Å². The number of nitrogens with two attached hydrogens (primary N) is 1. The molecule has 0 aromatic heterocycles. The average molecular weight is 201 g/mol. The van der Waals surface area contributed by atoms with Crippen molar-refractivity contribution in [2.75, 3.05) is 13.2 Å². The van der Waals surface area contributed by atoms with Gasteiger partial charge in [0.15, 0.2) is 0 Å². The van der Waals surface area contributed by atoms with Crippen LogP contribution in [0.2, 0.25) is 0 Å². The second kappa shape index (κ2) is 6.38. The molecule has 0 bridgehead atoms. The van der Waals surface area contributed by atoms with Crippen LogP contribution >= 0.6 is 0 Å². The van der Waals surface area contributed by atoms with Crippen molar-refractivity contribution in [3.05, 3.63) is 0 Å². The normalized spacial score (nSPS) is 21.6. The van der Waals surface area contributed by atoms with Gasteiger partial charge in [0.25, 0.3) is 0 Å². The van der Waals surface area contributed by atoms with Gasteiger partial charge < -0.3 is 15.6 Å². The minimum absolute atomic E-state index is 0.0265. The lowest BCUT2D eigenvalue weighted by molar-refractivity contribution is -0.0117. The summed E-state index contributed by atoms with van der Waals surface area (Å²) < 4.78 is 5.58. The minimum Gasteiger partial charge on any atom is -0.394 e. The van der Waals surface area contributed by atoms with Crippen molar-refractivity contribution in [1.29, 1.82) is 0 Å². The molecule has 0 amide bonds. The second-order valence-electron chi connectivity index (χ2n) is 4.25. The molecule has 0 aliphatic heterocycles. The van der Waals surface area contributed by atoms with Crippen LogP contribution in [-0.2, 0) is 4.74 Å². The van der Waals surface area contributed by atoms with E-state index in [1.165, 1.54) is 19.3 Å². The first-order valence-corrected chi connectivity index (χ1v) is 5.76. The van der Waals surface area contributed by atoms with Gasteiger partial charge in [0.1, 0.15) is 0 Å². The van der Waals surface area contributed by atoms with Crippen molar-refractivity contribution >= 4 is 0 Å². The molecule has 1 fully saturated rings. The molecule has 1 saturated carbocycles. The maximum atomic E-state index is 9.06. The number of ether oxygens (including phenoxy) is 1. The van der Waals surface area contributed by atoms with Crippen LogP contribution in [0.3, 0.4) is 0 Å². The van der Waals surface area contributed by atoms with Crippen LogP contribution in [0, 0.1) is 5.92 Å². The lowest BCUT2D eigenvalue weighted by Crippen LogP contribution is -2.39. The number of rotatable bonds is 7. The van der Waals surface area contributed by atoms with Crippen LogP contribution in [0.4, 0.5) is 0 Å². The molecule has 0 saturated heterocycles. The third kappa shape index (κ3) is 3.56. The van der Waals surface area contributed by atoms with Crippen LogP contribution < -0.4 is 5.73 Å². The van der Waals surface area contributed by atoms with E-state index in [0.717, 1.165) is 25.4 Å². The van der Waals surface area contributed by atoms with Gasteiger partial charge in [-0.05, 0) is 18.8 Å². The average Bonchev–Trinajstić information content (AvgIpc) is 2.14. The van der Waals surface area contributed by atoms with E-state index in [1.54, 1.807) is 0 Å². The first kappa shape index (κ1) is 12.0. The molecule has 14 heavy (non-hydrogen) atoms. The number of hydrogen-bond donors (Lipinski definition) is 2. The van der Waals surface area contributed by atoms with E-state index in [0.29, 0.717) is 0 Å². The smallest absolute Gasteiger partial charge is 0.0955 e. The molecule has 0 aromatic rings. The largest absolute Gasteiger partial charge is 0.394 e. The molecule has 2 unspecified atom stereocenters. The maximum Gasteiger partial charge on any atom is 0.0955 e. The van der Waals surface area contributed by atoms with E-state index in [9.17, 15) is 0 Å². The Labute approximate surface area is 86.6 Å². The highest BCUT2D eigenvalue weighted by atomic mass is 16.5. The standard InChI is InChI=1S/C11H23NO2/c1-2-10(12)11(8-13)14-7-6-9-4-3-5-9/h9-11,13H,2-8,12H2,1H3. The van der Waals surface area contributed by atoms with E-state index in [1.807, 2.05) is 6.92 Å². The molecule has 1 rings (SSSR count). The van der Waals surface area contributed by atoms with E-state index in [-0.39, 0.29) is 18.8 Å². The topological polar surface area (TPSA) is 55.5 Å². The second-order valence-corrected chi connectivity index (χ2v) is 4.25. The fourth-order valence-corrected chi connectivity index (χ4v) is 1.74. The summed E-state index contributed by atoms with van der Waals surface area (Å²) in [5.41, 5.74) is 5.81. The molecule has 0 radical (unpaired) electrons. The summed E-state index contributed by atoms with van der Waals surface area (Å²) >= 11 is 0. The molecule has 0 aromatic carbocycles. The zero-order chi connectivity index (χ0) is 10.4. The van der Waals surface area contributed by atoms with Crippen molar-refractivity contribution in [1.82, 2.24) is 0 Å². The number of aliphatic hydroxyl groups is 1. The van der Waals surface area contributed by atoms with Gasteiger partial charge in [0.2, 0.25) is 0 Å². The Hall–Kier alpha value is -0.120. The van der Waals surface area contributed by atoms with Crippen LogP contribution in [-0.4, -0.2) is 30.5 Å². The SMILES string of the molecule is CCC(N)C(CO)OCCC1CCC1. The fraction of sp³-hybridized carbons (Fsp3) is 1.00. The molecule has 2 atom stereocenters. The molecule has 84 valence electrons. The highest BCUT2D eigenvalue weighted by molar-refractivity contribution is 4.73. The summed E-state index contributed by atoms with van der Waals surface area (Å²) in [7, 11) is 0. The van der Waals surface area contributed by atoms with Gasteiger partial charge >= 0.3 is 0 Å². The number of aliphatic hydroxyl groups excluding tert-OH is 1. The van der Waals surface area contributed by atoms with Gasteiger partial charge in [-0.25, -0.2) is 0 Å². The molecule has 0 heterocycles. The van der Waals surface area contributed by atoms with E-state index < -0.39 is 0 Å². The van der Waals surface area contributed by atoms with Gasteiger partial charge in [-0.3, -0.25) is 0 Å². The van der Waals surface area contributed by atoms with E-state index >= 15 is 0 Å². The predicted octanol–water partition coefficient (Wildman–Crippen LogP) is 1.29. The van der Waals surface area contributed by atoms with Crippen molar-refractivity contribution in [3.63, 3.8) is 0 Å². The zero-order valence-corrected chi connectivity index (χ0v) is 9.11. The molecule has 0 spiro atoms. The monoisotopic (exact) mass is 201 g/mol. The summed E-state index contributed by atoms with van der Waals surface area (Å²) in [6, 6.07) is -0.0265. The van der Waals surface area contributed by atoms with Gasteiger partial charge in [0, 0.05) is 12.6 Å². The Morgan fingerprint density at radius 2 is 2.21 bits per heavy atom. The first-order chi connectivity index (χ1) is 6.77. The highest BCUT2D eigenvalue weighted by Crippen LogP contribution is 2.29. The maximum absolute atomic E-state index is 9.06. The Kier molecular flexibility index (Phi) is 5.45. The summed E-state index contributed by atoms with van der Waals surface area (Å²) in [6.45, 7) is 2.81. The van der Waals surface area contributed by atoms with Gasteiger partial charge in [0.05, 0.1) is 12.7 Å². The molecule has 3 N–H and O–H groups in total. The lowest BCUT2D eigenvalue weighted by Gasteiger charge is -2.27. The molecular weight excluding hydrogens is 178 g/mol. The van der Waals surface area contributed by atoms with Crippen LogP contribution in [0.5, 0.6) is 0 Å². The summed E-state index contributed by atoms with van der Waals surface area (Å²) in [5.74, 6) is 0.868. The molecule has 1 aliphatic rings. The summed E-state index contributed by atoms with van der Waals surface area (Å²) in [6.07, 6.45) is 5.91. The quantitative estimate of drug-likeness (QED) is 0.652. The molecular formula is C11H23NO2. The van der Waals surface area contributed by atoms with Gasteiger partial charge in [-0.15, -0.1) is 0 Å². The Bertz CT molecular complexity index is 148. The zero-order valence-electron chi connectivity index (χ0n) is 9.11. The molecule has 3 nitrogen and oxygen atoms in total. The Balaban J connectivity index is 2.06. The van der Waals surface area contributed by atoms with Gasteiger partial charge in [-0.2, -0.15) is 0 Å². The summed E-state index contributed by atoms with van der Waals surface area (Å²) in [5, 5.41) is 9.06. The third-order valence-electron chi connectivity index (χ3n) is 3.21. The Morgan fingerprint density at radius 3 is 2.64 bits per heavy atom. The molecule has 1 aliphatic carbocycles. The van der Waals surface area contributed by atoms with Crippen molar-refractivity contribution in [3.8, 4) is 0 Å².